The molecule has 2 aromatic rings. The Bertz CT molecular complexity index is 835. The van der Waals surface area contributed by atoms with E-state index in [4.69, 9.17) is 10.5 Å². The number of hydrogen-bond acceptors (Lipinski definition) is 6. The summed E-state index contributed by atoms with van der Waals surface area (Å²) in [6, 6.07) is 0. The third-order valence-electron chi connectivity index (χ3n) is 2.82. The van der Waals surface area contributed by atoms with Crippen molar-refractivity contribution in [2.24, 2.45) is 0 Å². The Kier molecular flexibility index (Phi) is 4.47. The smallest absolute Gasteiger partial charge is 0.349 e. The van der Waals surface area contributed by atoms with Gasteiger partial charge in [0.15, 0.2) is 23.0 Å². The summed E-state index contributed by atoms with van der Waals surface area (Å²) in [4.78, 5) is 10.9. The summed E-state index contributed by atoms with van der Waals surface area (Å²) >= 11 is 0.499. The van der Waals surface area contributed by atoms with Gasteiger partial charge in [-0.1, -0.05) is 0 Å². The molecule has 0 amide bonds. The molecule has 1 aromatic carbocycles. The molecule has 9 heteroatoms. The lowest BCUT2D eigenvalue weighted by Crippen LogP contribution is -2.13. The van der Waals surface area contributed by atoms with Gasteiger partial charge in [-0.2, -0.15) is 0 Å². The minimum absolute atomic E-state index is 0.104. The third kappa shape index (κ3) is 2.46. The molecule has 0 unspecified atom stereocenters. The molecule has 0 aliphatic rings. The van der Waals surface area contributed by atoms with Crippen LogP contribution in [0.5, 0.6) is 5.75 Å². The largest absolute Gasteiger partial charge is 0.506 e. The molecular weight excluding hydrogens is 323 g/mol. The first-order valence-electron chi connectivity index (χ1n) is 5.96. The SMILES string of the molecule is CC(=N)c1c(O)c2c(F)c(F)c(SCCO)c(F)c2oc1=O. The van der Waals surface area contributed by atoms with E-state index in [0.717, 1.165) is 6.92 Å². The van der Waals surface area contributed by atoms with Gasteiger partial charge in [0, 0.05) is 11.5 Å². The minimum atomic E-state index is -1.60. The van der Waals surface area contributed by atoms with Crippen LogP contribution in [0.15, 0.2) is 14.1 Å². The number of thioether (sulfide) groups is 1. The number of fused-ring (bicyclic) bond motifs is 1. The standard InChI is InChI=1S/C13H10F3NO4S/c1-4(17)5-10(19)6-7(14)8(15)12(22-3-2-18)9(16)11(6)21-13(5)20/h17-19H,2-3H2,1H3. The molecule has 3 N–H and O–H groups in total. The van der Waals surface area contributed by atoms with Gasteiger partial charge in [-0.3, -0.25) is 0 Å². The maximum Gasteiger partial charge on any atom is 0.349 e. The topological polar surface area (TPSA) is 94.5 Å². The molecule has 1 heterocycles. The molecule has 0 saturated heterocycles. The van der Waals surface area contributed by atoms with E-state index in [9.17, 15) is 23.1 Å². The Morgan fingerprint density at radius 2 is 1.91 bits per heavy atom. The Morgan fingerprint density at radius 1 is 1.27 bits per heavy atom. The zero-order valence-electron chi connectivity index (χ0n) is 11.2. The van der Waals surface area contributed by atoms with E-state index in [1.807, 2.05) is 0 Å². The molecule has 0 atom stereocenters. The molecule has 118 valence electrons. The summed E-state index contributed by atoms with van der Waals surface area (Å²) in [6.07, 6.45) is 0. The highest BCUT2D eigenvalue weighted by Crippen LogP contribution is 2.37. The molecular formula is C13H10F3NO4S. The fourth-order valence-corrected chi connectivity index (χ4v) is 2.63. The van der Waals surface area contributed by atoms with Crippen molar-refractivity contribution in [3.8, 4) is 5.75 Å². The molecule has 0 fully saturated rings. The molecule has 5 nitrogen and oxygen atoms in total. The number of halogens is 3. The fraction of sp³-hybridized carbons (Fsp3) is 0.231. The Morgan fingerprint density at radius 3 is 2.45 bits per heavy atom. The van der Waals surface area contributed by atoms with Gasteiger partial charge in [0.25, 0.3) is 0 Å². The van der Waals surface area contributed by atoms with Gasteiger partial charge in [-0.05, 0) is 6.92 Å². The van der Waals surface area contributed by atoms with Gasteiger partial charge in [0.2, 0.25) is 0 Å². The molecule has 0 aliphatic carbocycles. The molecule has 0 aliphatic heterocycles. The molecule has 0 spiro atoms. The third-order valence-corrected chi connectivity index (χ3v) is 3.86. The van der Waals surface area contributed by atoms with Crippen LogP contribution in [0, 0.1) is 22.9 Å². The lowest BCUT2D eigenvalue weighted by atomic mass is 10.1. The summed E-state index contributed by atoms with van der Waals surface area (Å²) < 4.78 is 46.8. The van der Waals surface area contributed by atoms with Crippen LogP contribution >= 0.6 is 11.8 Å². The first kappa shape index (κ1) is 16.4. The highest BCUT2D eigenvalue weighted by Gasteiger charge is 2.27. The zero-order chi connectivity index (χ0) is 16.6. The van der Waals surface area contributed by atoms with Crippen LogP contribution in [0.3, 0.4) is 0 Å². The first-order valence-corrected chi connectivity index (χ1v) is 6.95. The maximum atomic E-state index is 14.2. The van der Waals surface area contributed by atoms with E-state index < -0.39 is 62.6 Å². The van der Waals surface area contributed by atoms with Crippen LogP contribution in [-0.4, -0.2) is 28.3 Å². The van der Waals surface area contributed by atoms with Crippen molar-refractivity contribution >= 4 is 28.4 Å². The van der Waals surface area contributed by atoms with Gasteiger partial charge in [-0.25, -0.2) is 18.0 Å². The van der Waals surface area contributed by atoms with E-state index in [1.54, 1.807) is 0 Å². The molecule has 2 rings (SSSR count). The highest BCUT2D eigenvalue weighted by atomic mass is 32.2. The number of aromatic hydroxyl groups is 1. The minimum Gasteiger partial charge on any atom is -0.506 e. The van der Waals surface area contributed by atoms with Gasteiger partial charge < -0.3 is 20.0 Å². The average Bonchev–Trinajstić information content (AvgIpc) is 2.44. The predicted molar refractivity (Wildman–Crippen MR) is 74.3 cm³/mol. The van der Waals surface area contributed by atoms with E-state index in [2.05, 4.69) is 4.42 Å². The van der Waals surface area contributed by atoms with Crippen molar-refractivity contribution in [2.75, 3.05) is 12.4 Å². The average molecular weight is 333 g/mol. The quantitative estimate of drug-likeness (QED) is 0.346. The Balaban J connectivity index is 2.93. The molecule has 0 bridgehead atoms. The monoisotopic (exact) mass is 333 g/mol. The van der Waals surface area contributed by atoms with Gasteiger partial charge in [0.1, 0.15) is 16.7 Å². The van der Waals surface area contributed by atoms with Crippen LogP contribution in [0.2, 0.25) is 0 Å². The van der Waals surface area contributed by atoms with E-state index >= 15 is 0 Å². The molecule has 0 saturated carbocycles. The fourth-order valence-electron chi connectivity index (χ4n) is 1.90. The van der Waals surface area contributed by atoms with Crippen molar-refractivity contribution in [2.45, 2.75) is 11.8 Å². The Labute approximate surface area is 125 Å². The number of nitrogens with one attached hydrogen (secondary N) is 1. The lowest BCUT2D eigenvalue weighted by Gasteiger charge is -2.11. The van der Waals surface area contributed by atoms with Crippen LogP contribution < -0.4 is 5.63 Å². The second kappa shape index (κ2) is 6.01. The summed E-state index contributed by atoms with van der Waals surface area (Å²) in [6.45, 7) is 0.734. The van der Waals surface area contributed by atoms with E-state index in [0.29, 0.717) is 11.8 Å². The molecule has 0 radical (unpaired) electrons. The molecule has 1 aromatic heterocycles. The summed E-state index contributed by atoms with van der Waals surface area (Å²) in [5, 5.41) is 25.0. The second-order valence-corrected chi connectivity index (χ2v) is 5.39. The zero-order valence-corrected chi connectivity index (χ0v) is 12.0. The molecule has 22 heavy (non-hydrogen) atoms. The number of hydrogen-bond donors (Lipinski definition) is 3. The van der Waals surface area contributed by atoms with Crippen LogP contribution in [-0.2, 0) is 0 Å². The number of aliphatic hydroxyl groups is 1. The number of aliphatic hydroxyl groups excluding tert-OH is 1. The maximum absolute atomic E-state index is 14.2. The summed E-state index contributed by atoms with van der Waals surface area (Å²) in [7, 11) is 0. The van der Waals surface area contributed by atoms with Gasteiger partial charge in [-0.15, -0.1) is 11.8 Å². The Hall–Kier alpha value is -2.00. The number of benzene rings is 1. The van der Waals surface area contributed by atoms with Crippen LogP contribution in [0.4, 0.5) is 13.2 Å². The van der Waals surface area contributed by atoms with Crippen molar-refractivity contribution in [3.05, 3.63) is 33.4 Å². The van der Waals surface area contributed by atoms with Gasteiger partial charge in [0.05, 0.1) is 11.5 Å². The predicted octanol–water partition coefficient (Wildman–Crippen LogP) is 2.39. The van der Waals surface area contributed by atoms with E-state index in [-0.39, 0.29) is 5.75 Å². The van der Waals surface area contributed by atoms with Crippen molar-refractivity contribution in [1.29, 1.82) is 5.41 Å². The summed E-state index contributed by atoms with van der Waals surface area (Å²) in [5.74, 6) is -5.67. The summed E-state index contributed by atoms with van der Waals surface area (Å²) in [5.41, 5.74) is -3.28. The lowest BCUT2D eigenvalue weighted by molar-refractivity contribution is 0.322. The van der Waals surface area contributed by atoms with Crippen LogP contribution in [0.1, 0.15) is 12.5 Å². The highest BCUT2D eigenvalue weighted by molar-refractivity contribution is 7.99. The van der Waals surface area contributed by atoms with Crippen molar-refractivity contribution in [3.63, 3.8) is 0 Å². The van der Waals surface area contributed by atoms with E-state index in [1.165, 1.54) is 0 Å². The van der Waals surface area contributed by atoms with Crippen molar-refractivity contribution < 1.29 is 27.8 Å². The van der Waals surface area contributed by atoms with Crippen molar-refractivity contribution in [1.82, 2.24) is 0 Å². The van der Waals surface area contributed by atoms with Gasteiger partial charge >= 0.3 is 5.63 Å². The van der Waals surface area contributed by atoms with Crippen LogP contribution in [0.25, 0.3) is 11.0 Å². The second-order valence-electron chi connectivity index (χ2n) is 4.29. The number of rotatable bonds is 4. The first-order chi connectivity index (χ1) is 10.3. The normalized spacial score (nSPS) is 11.1.